The third-order valence-corrected chi connectivity index (χ3v) is 3.96. The number of anilines is 2. The van der Waals surface area contributed by atoms with E-state index in [1.165, 1.54) is 38.2 Å². The van der Waals surface area contributed by atoms with Crippen LogP contribution >= 0.6 is 0 Å². The summed E-state index contributed by atoms with van der Waals surface area (Å²) in [7, 11) is 0. The van der Waals surface area contributed by atoms with Gasteiger partial charge in [0.15, 0.2) is 0 Å². The zero-order valence-electron chi connectivity index (χ0n) is 11.5. The number of hydrogen-bond donors (Lipinski definition) is 3. The summed E-state index contributed by atoms with van der Waals surface area (Å²) < 4.78 is 13.7. The monoisotopic (exact) mass is 280 g/mol. The van der Waals surface area contributed by atoms with Crippen LogP contribution in [0.15, 0.2) is 12.1 Å². The number of rotatable bonds is 5. The molecule has 20 heavy (non-hydrogen) atoms. The van der Waals surface area contributed by atoms with Gasteiger partial charge in [-0.3, -0.25) is 0 Å². The Hall–Kier alpha value is -1.78. The molecule has 4 N–H and O–H groups in total. The van der Waals surface area contributed by atoms with Crippen molar-refractivity contribution in [1.29, 1.82) is 0 Å². The van der Waals surface area contributed by atoms with Crippen molar-refractivity contribution in [2.75, 3.05) is 17.6 Å². The molecule has 1 aromatic carbocycles. The summed E-state index contributed by atoms with van der Waals surface area (Å²) in [5, 5.41) is 12.0. The number of benzene rings is 1. The number of halogens is 1. The van der Waals surface area contributed by atoms with Crippen LogP contribution in [0.4, 0.5) is 15.8 Å². The molecule has 0 aromatic heterocycles. The zero-order chi connectivity index (χ0) is 14.5. The van der Waals surface area contributed by atoms with E-state index in [1.54, 1.807) is 0 Å². The standard InChI is InChI=1S/C15H21FN2O2/c16-12-9-13(17)11(15(19)20)8-14(12)18-7-6-10-4-2-1-3-5-10/h8-10,18H,1-7,17H2,(H,19,20). The molecule has 0 radical (unpaired) electrons. The molecule has 0 amide bonds. The van der Waals surface area contributed by atoms with Crippen LogP contribution in [0.5, 0.6) is 0 Å². The number of carbonyl (C=O) groups is 1. The van der Waals surface area contributed by atoms with Gasteiger partial charge >= 0.3 is 5.97 Å². The van der Waals surface area contributed by atoms with E-state index in [4.69, 9.17) is 10.8 Å². The number of nitrogens with two attached hydrogens (primary N) is 1. The first-order valence-corrected chi connectivity index (χ1v) is 7.14. The van der Waals surface area contributed by atoms with Crippen LogP contribution < -0.4 is 11.1 Å². The predicted octanol–water partition coefficient (Wildman–Crippen LogP) is 3.49. The lowest BCUT2D eigenvalue weighted by atomic mass is 9.87. The quantitative estimate of drug-likeness (QED) is 0.722. The van der Waals surface area contributed by atoms with E-state index in [0.29, 0.717) is 12.5 Å². The molecular formula is C15H21FN2O2. The van der Waals surface area contributed by atoms with Gasteiger partial charge in [0.25, 0.3) is 0 Å². The first kappa shape index (κ1) is 14.6. The molecule has 0 unspecified atom stereocenters. The van der Waals surface area contributed by atoms with Crippen molar-refractivity contribution in [2.45, 2.75) is 38.5 Å². The largest absolute Gasteiger partial charge is 0.478 e. The van der Waals surface area contributed by atoms with Gasteiger partial charge in [-0.1, -0.05) is 32.1 Å². The van der Waals surface area contributed by atoms with Crippen LogP contribution in [0.3, 0.4) is 0 Å². The fraction of sp³-hybridized carbons (Fsp3) is 0.533. The third kappa shape index (κ3) is 3.62. The highest BCUT2D eigenvalue weighted by atomic mass is 19.1. The van der Waals surface area contributed by atoms with Crippen LogP contribution in [0.1, 0.15) is 48.9 Å². The van der Waals surface area contributed by atoms with E-state index >= 15 is 0 Å². The van der Waals surface area contributed by atoms with Crippen LogP contribution in [0.2, 0.25) is 0 Å². The molecule has 0 atom stereocenters. The van der Waals surface area contributed by atoms with Crippen LogP contribution in [0.25, 0.3) is 0 Å². The highest BCUT2D eigenvalue weighted by Crippen LogP contribution is 2.27. The Balaban J connectivity index is 1.94. The van der Waals surface area contributed by atoms with E-state index in [1.807, 2.05) is 0 Å². The normalized spacial score (nSPS) is 16.1. The fourth-order valence-corrected chi connectivity index (χ4v) is 2.80. The third-order valence-electron chi connectivity index (χ3n) is 3.96. The molecule has 1 aromatic rings. The maximum absolute atomic E-state index is 13.7. The minimum atomic E-state index is -1.14. The van der Waals surface area contributed by atoms with Gasteiger partial charge in [0, 0.05) is 12.2 Å². The molecule has 0 spiro atoms. The second kappa shape index (κ2) is 6.59. The molecule has 1 fully saturated rings. The van der Waals surface area contributed by atoms with E-state index in [2.05, 4.69) is 5.32 Å². The molecule has 0 bridgehead atoms. The lowest BCUT2D eigenvalue weighted by Gasteiger charge is -2.21. The summed E-state index contributed by atoms with van der Waals surface area (Å²) in [6.07, 6.45) is 7.36. The van der Waals surface area contributed by atoms with Crippen LogP contribution in [0, 0.1) is 11.7 Å². The van der Waals surface area contributed by atoms with Crippen LogP contribution in [-0.2, 0) is 0 Å². The van der Waals surface area contributed by atoms with Gasteiger partial charge in [-0.15, -0.1) is 0 Å². The van der Waals surface area contributed by atoms with Gasteiger partial charge in [0.05, 0.1) is 11.3 Å². The summed E-state index contributed by atoms with van der Waals surface area (Å²) in [4.78, 5) is 11.0. The summed E-state index contributed by atoms with van der Waals surface area (Å²) in [5.41, 5.74) is 5.59. The van der Waals surface area contributed by atoms with E-state index < -0.39 is 11.8 Å². The van der Waals surface area contributed by atoms with Crippen LogP contribution in [-0.4, -0.2) is 17.6 Å². The maximum atomic E-state index is 13.7. The smallest absolute Gasteiger partial charge is 0.337 e. The van der Waals surface area contributed by atoms with E-state index in [0.717, 1.165) is 12.5 Å². The topological polar surface area (TPSA) is 75.3 Å². The second-order valence-corrected chi connectivity index (χ2v) is 5.44. The first-order chi connectivity index (χ1) is 9.58. The average Bonchev–Trinajstić information content (AvgIpc) is 2.42. The Kier molecular flexibility index (Phi) is 4.82. The number of aromatic carboxylic acids is 1. The molecule has 4 nitrogen and oxygen atoms in total. The van der Waals surface area contributed by atoms with Gasteiger partial charge in [0.2, 0.25) is 0 Å². The van der Waals surface area contributed by atoms with Crippen molar-refractivity contribution in [2.24, 2.45) is 5.92 Å². The molecule has 0 heterocycles. The fourth-order valence-electron chi connectivity index (χ4n) is 2.80. The predicted molar refractivity (Wildman–Crippen MR) is 77.5 cm³/mol. The van der Waals surface area contributed by atoms with Crippen molar-refractivity contribution >= 4 is 17.3 Å². The molecule has 2 rings (SSSR count). The molecule has 0 aliphatic heterocycles. The van der Waals surface area contributed by atoms with Gasteiger partial charge in [-0.05, 0) is 24.5 Å². The Bertz CT molecular complexity index is 485. The highest BCUT2D eigenvalue weighted by Gasteiger charge is 2.15. The lowest BCUT2D eigenvalue weighted by Crippen LogP contribution is -2.13. The number of carboxylic acid groups (broad SMARTS) is 1. The second-order valence-electron chi connectivity index (χ2n) is 5.44. The van der Waals surface area contributed by atoms with Gasteiger partial charge in [-0.25, -0.2) is 9.18 Å². The Morgan fingerprint density at radius 2 is 2.05 bits per heavy atom. The molecule has 110 valence electrons. The van der Waals surface area contributed by atoms with Gasteiger partial charge < -0.3 is 16.2 Å². The minimum absolute atomic E-state index is 0.0483. The summed E-state index contributed by atoms with van der Waals surface area (Å²) in [5.74, 6) is -0.944. The molecule has 1 saturated carbocycles. The molecular weight excluding hydrogens is 259 g/mol. The number of nitrogen functional groups attached to an aromatic ring is 1. The molecule has 5 heteroatoms. The Morgan fingerprint density at radius 1 is 1.35 bits per heavy atom. The minimum Gasteiger partial charge on any atom is -0.478 e. The van der Waals surface area contributed by atoms with Crippen molar-refractivity contribution in [1.82, 2.24) is 0 Å². The van der Waals surface area contributed by atoms with Crippen molar-refractivity contribution in [3.63, 3.8) is 0 Å². The van der Waals surface area contributed by atoms with Gasteiger partial charge in [-0.2, -0.15) is 0 Å². The summed E-state index contributed by atoms with van der Waals surface area (Å²) in [6, 6.07) is 2.33. The first-order valence-electron chi connectivity index (χ1n) is 7.14. The highest BCUT2D eigenvalue weighted by molar-refractivity contribution is 5.94. The number of carboxylic acids is 1. The van der Waals surface area contributed by atoms with Crippen molar-refractivity contribution in [3.8, 4) is 0 Å². The van der Waals surface area contributed by atoms with E-state index in [-0.39, 0.29) is 16.9 Å². The van der Waals surface area contributed by atoms with Gasteiger partial charge in [0.1, 0.15) is 5.82 Å². The summed E-state index contributed by atoms with van der Waals surface area (Å²) in [6.45, 7) is 0.657. The maximum Gasteiger partial charge on any atom is 0.337 e. The summed E-state index contributed by atoms with van der Waals surface area (Å²) >= 11 is 0. The lowest BCUT2D eigenvalue weighted by molar-refractivity contribution is 0.0698. The molecule has 1 aliphatic rings. The SMILES string of the molecule is Nc1cc(F)c(NCCC2CCCCC2)cc1C(=O)O. The number of hydrogen-bond acceptors (Lipinski definition) is 3. The number of nitrogens with one attached hydrogen (secondary N) is 1. The molecule has 1 aliphatic carbocycles. The molecule has 0 saturated heterocycles. The van der Waals surface area contributed by atoms with Crippen molar-refractivity contribution < 1.29 is 14.3 Å². The Labute approximate surface area is 118 Å². The average molecular weight is 280 g/mol. The van der Waals surface area contributed by atoms with Crippen molar-refractivity contribution in [3.05, 3.63) is 23.5 Å². The zero-order valence-corrected chi connectivity index (χ0v) is 11.5. The Morgan fingerprint density at radius 3 is 2.70 bits per heavy atom. The van der Waals surface area contributed by atoms with E-state index in [9.17, 15) is 9.18 Å².